The number of fused-ring (bicyclic) bond motifs is 2. The lowest BCUT2D eigenvalue weighted by molar-refractivity contribution is 0.0953. The maximum atomic E-state index is 12.4. The maximum Gasteiger partial charge on any atom is 0.251 e. The summed E-state index contributed by atoms with van der Waals surface area (Å²) in [6.07, 6.45) is 2.72. The molecule has 0 aliphatic carbocycles. The van der Waals surface area contributed by atoms with Gasteiger partial charge in [0.05, 0.1) is 17.8 Å². The Labute approximate surface area is 151 Å². The number of nitrogens with two attached hydrogens (primary N) is 1. The first-order chi connectivity index (χ1) is 12.8. The van der Waals surface area contributed by atoms with Gasteiger partial charge in [0.1, 0.15) is 5.75 Å². The Morgan fingerprint density at radius 2 is 2.15 bits per heavy atom. The second-order valence-electron chi connectivity index (χ2n) is 6.51. The van der Waals surface area contributed by atoms with Crippen LogP contribution in [-0.2, 0) is 6.42 Å². The van der Waals surface area contributed by atoms with Gasteiger partial charge in [-0.25, -0.2) is 0 Å². The molecule has 2 aromatic carbocycles. The summed E-state index contributed by atoms with van der Waals surface area (Å²) < 4.78 is 5.57. The summed E-state index contributed by atoms with van der Waals surface area (Å²) in [6, 6.07) is 11.7. The Bertz CT molecular complexity index is 948. The van der Waals surface area contributed by atoms with E-state index in [1.807, 2.05) is 30.3 Å². The Balaban J connectivity index is 1.62. The summed E-state index contributed by atoms with van der Waals surface area (Å²) in [5.74, 6) is 0.879. The SMILES string of the molecule is NCCCCNC(=O)c1ccc2[nH]nc(-c3ccc4c(c3)CCO4)c2c1. The maximum absolute atomic E-state index is 12.4. The number of aromatic amines is 1. The molecule has 0 saturated carbocycles. The van der Waals surface area contributed by atoms with Gasteiger partial charge in [0.15, 0.2) is 0 Å². The predicted octanol–water partition coefficient (Wildman–Crippen LogP) is 2.63. The Morgan fingerprint density at radius 1 is 1.23 bits per heavy atom. The van der Waals surface area contributed by atoms with E-state index in [2.05, 4.69) is 21.6 Å². The van der Waals surface area contributed by atoms with Crippen molar-refractivity contribution in [1.82, 2.24) is 15.5 Å². The van der Waals surface area contributed by atoms with Crippen molar-refractivity contribution < 1.29 is 9.53 Å². The van der Waals surface area contributed by atoms with Crippen molar-refractivity contribution in [3.63, 3.8) is 0 Å². The first-order valence-electron chi connectivity index (χ1n) is 8.99. The number of H-pyrrole nitrogens is 1. The van der Waals surface area contributed by atoms with E-state index >= 15 is 0 Å². The molecule has 26 heavy (non-hydrogen) atoms. The van der Waals surface area contributed by atoms with Gasteiger partial charge in [-0.3, -0.25) is 9.89 Å². The van der Waals surface area contributed by atoms with Crippen molar-refractivity contribution in [3.8, 4) is 17.0 Å². The minimum absolute atomic E-state index is 0.0709. The average Bonchev–Trinajstić information content (AvgIpc) is 3.30. The molecular formula is C20H22N4O2. The van der Waals surface area contributed by atoms with Crippen molar-refractivity contribution in [2.75, 3.05) is 19.7 Å². The van der Waals surface area contributed by atoms with Crippen LogP contribution in [0.3, 0.4) is 0 Å². The summed E-state index contributed by atoms with van der Waals surface area (Å²) in [6.45, 7) is 2.01. The van der Waals surface area contributed by atoms with E-state index < -0.39 is 0 Å². The highest BCUT2D eigenvalue weighted by Crippen LogP contribution is 2.33. The van der Waals surface area contributed by atoms with Gasteiger partial charge in [-0.1, -0.05) is 0 Å². The minimum atomic E-state index is -0.0709. The molecule has 1 aliphatic rings. The number of hydrogen-bond acceptors (Lipinski definition) is 4. The van der Waals surface area contributed by atoms with Gasteiger partial charge in [0.2, 0.25) is 0 Å². The van der Waals surface area contributed by atoms with Crippen molar-refractivity contribution in [2.45, 2.75) is 19.3 Å². The molecule has 0 fully saturated rings. The molecule has 1 amide bonds. The van der Waals surface area contributed by atoms with Crippen molar-refractivity contribution in [1.29, 1.82) is 0 Å². The first kappa shape index (κ1) is 16.6. The fraction of sp³-hybridized carbons (Fsp3) is 0.300. The number of rotatable bonds is 6. The minimum Gasteiger partial charge on any atom is -0.493 e. The standard InChI is InChI=1S/C20H22N4O2/c21-8-1-2-9-22-20(25)15-3-5-17-16(12-15)19(24-23-17)14-4-6-18-13(11-14)7-10-26-18/h3-6,11-12H,1-2,7-10,21H2,(H,22,25)(H,23,24). The second-order valence-corrected chi connectivity index (χ2v) is 6.51. The van der Waals surface area contributed by atoms with Gasteiger partial charge in [-0.2, -0.15) is 5.10 Å². The van der Waals surface area contributed by atoms with Gasteiger partial charge in [0.25, 0.3) is 5.91 Å². The molecule has 4 N–H and O–H groups in total. The van der Waals surface area contributed by atoms with Crippen LogP contribution < -0.4 is 15.8 Å². The topological polar surface area (TPSA) is 93.0 Å². The normalized spacial score (nSPS) is 12.8. The largest absolute Gasteiger partial charge is 0.493 e. The van der Waals surface area contributed by atoms with E-state index in [0.717, 1.165) is 53.8 Å². The van der Waals surface area contributed by atoms with E-state index in [4.69, 9.17) is 10.5 Å². The van der Waals surface area contributed by atoms with E-state index in [1.165, 1.54) is 5.56 Å². The zero-order chi connectivity index (χ0) is 17.9. The molecule has 0 saturated heterocycles. The fourth-order valence-electron chi connectivity index (χ4n) is 3.28. The third-order valence-electron chi connectivity index (χ3n) is 4.70. The predicted molar refractivity (Wildman–Crippen MR) is 101 cm³/mol. The zero-order valence-electron chi connectivity index (χ0n) is 14.5. The van der Waals surface area contributed by atoms with E-state index in [1.54, 1.807) is 0 Å². The van der Waals surface area contributed by atoms with Crippen LogP contribution in [0.1, 0.15) is 28.8 Å². The summed E-state index contributed by atoms with van der Waals surface area (Å²) in [5, 5.41) is 11.4. The number of nitrogens with zero attached hydrogens (tertiary/aromatic N) is 1. The smallest absolute Gasteiger partial charge is 0.251 e. The lowest BCUT2D eigenvalue weighted by Gasteiger charge is -2.06. The second kappa shape index (κ2) is 7.17. The molecule has 0 unspecified atom stereocenters. The first-order valence-corrected chi connectivity index (χ1v) is 8.99. The molecular weight excluding hydrogens is 328 g/mol. The molecule has 4 rings (SSSR count). The third-order valence-corrected chi connectivity index (χ3v) is 4.70. The van der Waals surface area contributed by atoms with Crippen LogP contribution in [0, 0.1) is 0 Å². The molecule has 3 aromatic rings. The summed E-state index contributed by atoms with van der Waals surface area (Å²) in [7, 11) is 0. The number of carbonyl (C=O) groups is 1. The number of unbranched alkanes of at least 4 members (excludes halogenated alkanes) is 1. The van der Waals surface area contributed by atoms with Gasteiger partial charge in [0, 0.05) is 29.5 Å². The summed E-state index contributed by atoms with van der Waals surface area (Å²) in [4.78, 5) is 12.4. The molecule has 0 spiro atoms. The molecule has 0 atom stereocenters. The van der Waals surface area contributed by atoms with E-state index in [-0.39, 0.29) is 5.91 Å². The van der Waals surface area contributed by atoms with Gasteiger partial charge < -0.3 is 15.8 Å². The number of nitrogens with one attached hydrogen (secondary N) is 2. The van der Waals surface area contributed by atoms with Crippen LogP contribution in [-0.4, -0.2) is 35.8 Å². The van der Waals surface area contributed by atoms with Crippen molar-refractivity contribution >= 4 is 16.8 Å². The van der Waals surface area contributed by atoms with Crippen LogP contribution in [0.4, 0.5) is 0 Å². The van der Waals surface area contributed by atoms with Crippen LogP contribution >= 0.6 is 0 Å². The lowest BCUT2D eigenvalue weighted by atomic mass is 10.0. The van der Waals surface area contributed by atoms with E-state index in [0.29, 0.717) is 18.7 Å². The molecule has 1 aliphatic heterocycles. The van der Waals surface area contributed by atoms with Gasteiger partial charge >= 0.3 is 0 Å². The molecule has 0 radical (unpaired) electrons. The molecule has 2 heterocycles. The lowest BCUT2D eigenvalue weighted by Crippen LogP contribution is -2.24. The number of aromatic nitrogens is 2. The highest BCUT2D eigenvalue weighted by molar-refractivity contribution is 6.01. The van der Waals surface area contributed by atoms with Crippen molar-refractivity contribution in [3.05, 3.63) is 47.5 Å². The van der Waals surface area contributed by atoms with Crippen LogP contribution in [0.15, 0.2) is 36.4 Å². The van der Waals surface area contributed by atoms with E-state index in [9.17, 15) is 4.79 Å². The molecule has 6 nitrogen and oxygen atoms in total. The zero-order valence-corrected chi connectivity index (χ0v) is 14.5. The van der Waals surface area contributed by atoms with Gasteiger partial charge in [-0.15, -0.1) is 0 Å². The molecule has 0 bridgehead atoms. The Kier molecular flexibility index (Phi) is 4.58. The van der Waals surface area contributed by atoms with Crippen LogP contribution in [0.2, 0.25) is 0 Å². The molecule has 134 valence electrons. The number of benzene rings is 2. The summed E-state index contributed by atoms with van der Waals surface area (Å²) >= 11 is 0. The Morgan fingerprint density at radius 3 is 3.04 bits per heavy atom. The average molecular weight is 350 g/mol. The number of hydrogen-bond donors (Lipinski definition) is 3. The van der Waals surface area contributed by atoms with Crippen molar-refractivity contribution in [2.24, 2.45) is 5.73 Å². The molecule has 6 heteroatoms. The number of ether oxygens (including phenoxy) is 1. The number of amides is 1. The summed E-state index contributed by atoms with van der Waals surface area (Å²) in [5.41, 5.74) is 10.1. The highest BCUT2D eigenvalue weighted by Gasteiger charge is 2.16. The fourth-order valence-corrected chi connectivity index (χ4v) is 3.28. The van der Waals surface area contributed by atoms with Crippen LogP contribution in [0.5, 0.6) is 5.75 Å². The highest BCUT2D eigenvalue weighted by atomic mass is 16.5. The quantitative estimate of drug-likeness (QED) is 0.596. The Hall–Kier alpha value is -2.86. The van der Waals surface area contributed by atoms with Crippen LogP contribution in [0.25, 0.3) is 22.2 Å². The number of carbonyl (C=O) groups excluding carboxylic acids is 1. The molecule has 1 aromatic heterocycles. The third kappa shape index (κ3) is 3.15. The van der Waals surface area contributed by atoms with Gasteiger partial charge in [-0.05, 0) is 61.3 Å². The monoisotopic (exact) mass is 350 g/mol.